The Labute approximate surface area is 201 Å². The summed E-state index contributed by atoms with van der Waals surface area (Å²) in [5, 5.41) is 6.88. The smallest absolute Gasteiger partial charge is 0.191 e. The van der Waals surface area contributed by atoms with Crippen LogP contribution in [0.5, 0.6) is 0 Å². The number of ether oxygens (including phenoxy) is 1. The van der Waals surface area contributed by atoms with Crippen molar-refractivity contribution >= 4 is 41.3 Å². The van der Waals surface area contributed by atoms with Gasteiger partial charge in [-0.2, -0.15) is 0 Å². The number of nitrogens with one attached hydrogen (secondary N) is 2. The molecule has 0 saturated carbocycles. The van der Waals surface area contributed by atoms with E-state index in [1.165, 1.54) is 20.9 Å². The minimum absolute atomic E-state index is 0. The van der Waals surface area contributed by atoms with Crippen molar-refractivity contribution in [2.75, 3.05) is 45.9 Å². The van der Waals surface area contributed by atoms with Gasteiger partial charge in [0.1, 0.15) is 0 Å². The molecule has 2 aromatic heterocycles. The number of guanidine groups is 1. The Morgan fingerprint density at radius 2 is 2.03 bits per heavy atom. The van der Waals surface area contributed by atoms with Gasteiger partial charge in [0, 0.05) is 48.3 Å². The van der Waals surface area contributed by atoms with Crippen LogP contribution in [0.3, 0.4) is 0 Å². The summed E-state index contributed by atoms with van der Waals surface area (Å²) < 4.78 is 5.56. The van der Waals surface area contributed by atoms with E-state index in [1.54, 1.807) is 0 Å². The van der Waals surface area contributed by atoms with E-state index >= 15 is 0 Å². The number of halogens is 1. The molecule has 3 heterocycles. The zero-order valence-corrected chi connectivity index (χ0v) is 21.3. The highest BCUT2D eigenvalue weighted by atomic mass is 127. The maximum atomic E-state index is 5.56. The summed E-state index contributed by atoms with van der Waals surface area (Å²) in [4.78, 5) is 14.3. The van der Waals surface area contributed by atoms with Crippen LogP contribution in [0, 0.1) is 13.8 Å². The number of hydrogen-bond acceptors (Lipinski definition) is 5. The van der Waals surface area contributed by atoms with Crippen LogP contribution < -0.4 is 10.6 Å². The summed E-state index contributed by atoms with van der Waals surface area (Å²) in [6.07, 6.45) is 4.73. The number of pyridine rings is 1. The van der Waals surface area contributed by atoms with Gasteiger partial charge in [-0.05, 0) is 56.5 Å². The lowest BCUT2D eigenvalue weighted by Gasteiger charge is -2.33. The largest absolute Gasteiger partial charge is 0.379 e. The molecule has 1 atom stereocenters. The number of aliphatic imine (C=N–C) groups is 1. The van der Waals surface area contributed by atoms with Gasteiger partial charge in [0.05, 0.1) is 25.8 Å². The van der Waals surface area contributed by atoms with Gasteiger partial charge >= 0.3 is 0 Å². The van der Waals surface area contributed by atoms with E-state index < -0.39 is 0 Å². The van der Waals surface area contributed by atoms with Crippen molar-refractivity contribution in [3.63, 3.8) is 0 Å². The molecule has 166 valence electrons. The average Bonchev–Trinajstić information content (AvgIpc) is 3.16. The van der Waals surface area contributed by atoms with Gasteiger partial charge in [-0.1, -0.05) is 0 Å². The summed E-state index contributed by atoms with van der Waals surface area (Å²) in [7, 11) is 0. The fourth-order valence-electron chi connectivity index (χ4n) is 3.52. The van der Waals surface area contributed by atoms with Crippen molar-refractivity contribution in [1.82, 2.24) is 20.5 Å². The monoisotopic (exact) mass is 543 g/mol. The van der Waals surface area contributed by atoms with Gasteiger partial charge in [0.25, 0.3) is 0 Å². The van der Waals surface area contributed by atoms with Crippen LogP contribution in [0.25, 0.3) is 0 Å². The van der Waals surface area contributed by atoms with Crippen LogP contribution in [-0.2, 0) is 11.2 Å². The molecule has 2 aromatic rings. The standard InChI is InChI=1S/C22H33N5OS.HI/c1-4-24-22(25-10-8-19-7-9-23-15-17(19)2)26-16-20(21-6-5-18(3)29-21)27-11-13-28-14-12-27;/h5-7,9,15,20H,4,8,10-14,16H2,1-3H3,(H2,24,25,26);1H. The fraction of sp³-hybridized carbons (Fsp3) is 0.545. The molecule has 2 N–H and O–H groups in total. The lowest BCUT2D eigenvalue weighted by molar-refractivity contribution is 0.0186. The molecule has 30 heavy (non-hydrogen) atoms. The molecule has 3 rings (SSSR count). The first-order valence-corrected chi connectivity index (χ1v) is 11.3. The summed E-state index contributed by atoms with van der Waals surface area (Å²) in [5.41, 5.74) is 2.56. The minimum atomic E-state index is 0. The topological polar surface area (TPSA) is 61.8 Å². The van der Waals surface area contributed by atoms with Crippen LogP contribution in [0.15, 0.2) is 35.6 Å². The Morgan fingerprint density at radius 1 is 1.23 bits per heavy atom. The molecule has 8 heteroatoms. The van der Waals surface area contributed by atoms with Crippen molar-refractivity contribution < 1.29 is 4.74 Å². The third-order valence-corrected chi connectivity index (χ3v) is 6.27. The molecule has 1 unspecified atom stereocenters. The molecule has 0 aliphatic carbocycles. The van der Waals surface area contributed by atoms with Crippen molar-refractivity contribution in [3.05, 3.63) is 51.5 Å². The van der Waals surface area contributed by atoms with E-state index in [0.717, 1.165) is 58.3 Å². The fourth-order valence-corrected chi connectivity index (χ4v) is 4.53. The average molecular weight is 544 g/mol. The number of rotatable bonds is 8. The predicted octanol–water partition coefficient (Wildman–Crippen LogP) is 3.55. The Balaban J connectivity index is 0.00000320. The number of hydrogen-bond donors (Lipinski definition) is 2. The van der Waals surface area contributed by atoms with E-state index in [-0.39, 0.29) is 24.0 Å². The first-order valence-electron chi connectivity index (χ1n) is 10.5. The second-order valence-corrected chi connectivity index (χ2v) is 8.63. The quantitative estimate of drug-likeness (QED) is 0.303. The lowest BCUT2D eigenvalue weighted by atomic mass is 10.1. The van der Waals surface area contributed by atoms with E-state index in [1.807, 2.05) is 23.7 Å². The van der Waals surface area contributed by atoms with Crippen LogP contribution in [0.1, 0.15) is 33.8 Å². The van der Waals surface area contributed by atoms with Crippen LogP contribution in [-0.4, -0.2) is 61.8 Å². The number of nitrogens with zero attached hydrogens (tertiary/aromatic N) is 3. The SMILES string of the molecule is CCNC(=NCC(c1ccc(C)s1)N1CCOCC1)NCCc1ccncc1C.I. The Kier molecular flexibility index (Phi) is 11.0. The highest BCUT2D eigenvalue weighted by Gasteiger charge is 2.23. The Bertz CT molecular complexity index is 791. The van der Waals surface area contributed by atoms with E-state index in [4.69, 9.17) is 9.73 Å². The molecule has 1 fully saturated rings. The molecular weight excluding hydrogens is 509 g/mol. The zero-order valence-electron chi connectivity index (χ0n) is 18.2. The van der Waals surface area contributed by atoms with Gasteiger partial charge in [-0.25, -0.2) is 0 Å². The van der Waals surface area contributed by atoms with Gasteiger partial charge in [0.2, 0.25) is 0 Å². The molecule has 0 aromatic carbocycles. The van der Waals surface area contributed by atoms with Crippen LogP contribution >= 0.6 is 35.3 Å². The predicted molar refractivity (Wildman–Crippen MR) is 136 cm³/mol. The zero-order chi connectivity index (χ0) is 20.5. The molecule has 0 amide bonds. The maximum Gasteiger partial charge on any atom is 0.191 e. The minimum Gasteiger partial charge on any atom is -0.379 e. The third kappa shape index (κ3) is 7.47. The summed E-state index contributed by atoms with van der Waals surface area (Å²) in [6, 6.07) is 6.85. The Morgan fingerprint density at radius 3 is 2.70 bits per heavy atom. The third-order valence-electron chi connectivity index (χ3n) is 5.17. The maximum absolute atomic E-state index is 5.56. The summed E-state index contributed by atoms with van der Waals surface area (Å²) in [6.45, 7) is 12.3. The second-order valence-electron chi connectivity index (χ2n) is 7.31. The van der Waals surface area contributed by atoms with Gasteiger partial charge in [0.15, 0.2) is 5.96 Å². The van der Waals surface area contributed by atoms with Crippen molar-refractivity contribution in [2.24, 2.45) is 4.99 Å². The van der Waals surface area contributed by atoms with Crippen molar-refractivity contribution in [2.45, 2.75) is 33.2 Å². The summed E-state index contributed by atoms with van der Waals surface area (Å²) in [5.74, 6) is 0.880. The number of morpholine rings is 1. The van der Waals surface area contributed by atoms with Gasteiger partial charge in [-0.3, -0.25) is 14.9 Å². The normalized spacial score (nSPS) is 16.0. The van der Waals surface area contributed by atoms with Crippen LogP contribution in [0.4, 0.5) is 0 Å². The highest BCUT2D eigenvalue weighted by Crippen LogP contribution is 2.28. The molecular formula is C22H34IN5OS. The van der Waals surface area contributed by atoms with Crippen molar-refractivity contribution in [1.29, 1.82) is 0 Å². The molecule has 0 spiro atoms. The van der Waals surface area contributed by atoms with E-state index in [9.17, 15) is 0 Å². The summed E-state index contributed by atoms with van der Waals surface area (Å²) >= 11 is 1.87. The highest BCUT2D eigenvalue weighted by molar-refractivity contribution is 14.0. The molecule has 1 saturated heterocycles. The molecule has 0 radical (unpaired) electrons. The second kappa shape index (κ2) is 13.2. The molecule has 1 aliphatic rings. The van der Waals surface area contributed by atoms with E-state index in [0.29, 0.717) is 6.04 Å². The number of thiophene rings is 1. The molecule has 1 aliphatic heterocycles. The first-order chi connectivity index (χ1) is 14.2. The van der Waals surface area contributed by atoms with Crippen LogP contribution in [0.2, 0.25) is 0 Å². The Hall–Kier alpha value is -1.23. The van der Waals surface area contributed by atoms with Crippen molar-refractivity contribution in [3.8, 4) is 0 Å². The number of aromatic nitrogens is 1. The van der Waals surface area contributed by atoms with Gasteiger partial charge < -0.3 is 15.4 Å². The van der Waals surface area contributed by atoms with Gasteiger partial charge in [-0.15, -0.1) is 35.3 Å². The van der Waals surface area contributed by atoms with E-state index in [2.05, 4.69) is 59.5 Å². The number of aryl methyl sites for hydroxylation is 2. The lowest BCUT2D eigenvalue weighted by Crippen LogP contribution is -2.42. The molecule has 6 nitrogen and oxygen atoms in total. The first kappa shape index (κ1) is 25.0. The molecule has 0 bridgehead atoms.